The fourth-order valence-corrected chi connectivity index (χ4v) is 4.50. The van der Waals surface area contributed by atoms with Gasteiger partial charge >= 0.3 is 10.1 Å². The van der Waals surface area contributed by atoms with Gasteiger partial charge in [-0.1, -0.05) is 34.8 Å². The molecule has 0 radical (unpaired) electrons. The highest BCUT2D eigenvalue weighted by Gasteiger charge is 2.33. The van der Waals surface area contributed by atoms with Gasteiger partial charge in [-0.05, 0) is 52.0 Å². The number of aromatic nitrogens is 3. The molecular formula is C15H7BrCl3F4N3S. The van der Waals surface area contributed by atoms with Crippen LogP contribution in [0.15, 0.2) is 52.2 Å². The van der Waals surface area contributed by atoms with Crippen LogP contribution in [0.5, 0.6) is 0 Å². The van der Waals surface area contributed by atoms with Crippen molar-refractivity contribution < 1.29 is 17.6 Å². The molecule has 27 heavy (non-hydrogen) atoms. The van der Waals surface area contributed by atoms with Crippen LogP contribution in [-0.4, -0.2) is 18.3 Å². The highest BCUT2D eigenvalue weighted by molar-refractivity contribution is 9.10. The first-order valence-corrected chi connectivity index (χ1v) is 9.75. The summed E-state index contributed by atoms with van der Waals surface area (Å²) in [6.45, 7) is 0. The van der Waals surface area contributed by atoms with Gasteiger partial charge in [-0.3, -0.25) is 0 Å². The molecule has 144 valence electrons. The van der Waals surface area contributed by atoms with Crippen molar-refractivity contribution in [2.45, 2.75) is 15.0 Å². The molecule has 0 saturated heterocycles. The number of rotatable bonds is 4. The van der Waals surface area contributed by atoms with E-state index in [4.69, 9.17) is 34.8 Å². The minimum Gasteiger partial charge on any atom is -0.308 e. The molecule has 0 spiro atoms. The minimum absolute atomic E-state index is 0.0543. The summed E-state index contributed by atoms with van der Waals surface area (Å²) in [7, 11) is 0. The van der Waals surface area contributed by atoms with Crippen LogP contribution < -0.4 is 0 Å². The molecule has 0 bridgehead atoms. The van der Waals surface area contributed by atoms with E-state index in [2.05, 4.69) is 21.0 Å². The van der Waals surface area contributed by atoms with Crippen molar-refractivity contribution in [3.63, 3.8) is 0 Å². The van der Waals surface area contributed by atoms with Gasteiger partial charge in [0.1, 0.15) is 0 Å². The summed E-state index contributed by atoms with van der Waals surface area (Å²) in [5, 5.41) is 3.93. The maximum absolute atomic E-state index is 13.7. The van der Waals surface area contributed by atoms with Gasteiger partial charge in [0.05, 0.1) is 27.4 Å². The van der Waals surface area contributed by atoms with Crippen molar-refractivity contribution in [2.24, 2.45) is 0 Å². The lowest BCUT2D eigenvalue weighted by Crippen LogP contribution is -2.10. The van der Waals surface area contributed by atoms with E-state index in [1.165, 1.54) is 10.9 Å². The van der Waals surface area contributed by atoms with Gasteiger partial charge in [0.2, 0.25) is 0 Å². The molecule has 0 aliphatic carbocycles. The van der Waals surface area contributed by atoms with Crippen LogP contribution in [0.25, 0.3) is 11.5 Å². The SMILES string of the molecule is FC(Cl)(Cl)Sc1cnn(-c2c(Cl)cc(C(F)(F)F)cc2Br)c1-n1cccc1. The monoisotopic (exact) mass is 521 g/mol. The van der Waals surface area contributed by atoms with Crippen LogP contribution in [0.4, 0.5) is 17.6 Å². The average Bonchev–Trinajstić information content (AvgIpc) is 3.13. The first-order valence-electron chi connectivity index (χ1n) is 7.01. The smallest absolute Gasteiger partial charge is 0.308 e. The zero-order chi connectivity index (χ0) is 20.0. The molecule has 0 N–H and O–H groups in total. The predicted molar refractivity (Wildman–Crippen MR) is 102 cm³/mol. The summed E-state index contributed by atoms with van der Waals surface area (Å²) in [5.41, 5.74) is -0.773. The Morgan fingerprint density at radius 3 is 2.22 bits per heavy atom. The molecule has 0 atom stereocenters. The Morgan fingerprint density at radius 1 is 1.07 bits per heavy atom. The van der Waals surface area contributed by atoms with Crippen LogP contribution in [0.3, 0.4) is 0 Å². The van der Waals surface area contributed by atoms with E-state index in [9.17, 15) is 17.6 Å². The summed E-state index contributed by atoms with van der Waals surface area (Å²) in [5.74, 6) is 0.302. The number of halogens is 8. The fourth-order valence-electron chi connectivity index (χ4n) is 2.33. The Hall–Kier alpha value is -0.870. The quantitative estimate of drug-likeness (QED) is 0.204. The predicted octanol–water partition coefficient (Wildman–Crippen LogP) is 7.25. The Morgan fingerprint density at radius 2 is 1.70 bits per heavy atom. The molecule has 0 saturated carbocycles. The molecule has 0 amide bonds. The first kappa shape index (κ1) is 20.9. The maximum atomic E-state index is 13.7. The molecule has 0 aliphatic heterocycles. The largest absolute Gasteiger partial charge is 0.416 e. The van der Waals surface area contributed by atoms with E-state index in [0.29, 0.717) is 17.6 Å². The lowest BCUT2D eigenvalue weighted by atomic mass is 10.2. The fraction of sp³-hybridized carbons (Fsp3) is 0.133. The second kappa shape index (κ2) is 7.51. The first-order chi connectivity index (χ1) is 12.5. The van der Waals surface area contributed by atoms with Crippen molar-refractivity contribution in [3.8, 4) is 11.5 Å². The molecule has 0 unspecified atom stereocenters. The molecule has 3 rings (SSSR count). The van der Waals surface area contributed by atoms with E-state index < -0.39 is 15.7 Å². The zero-order valence-corrected chi connectivity index (χ0v) is 17.5. The van der Waals surface area contributed by atoms with E-state index in [0.717, 1.165) is 12.1 Å². The van der Waals surface area contributed by atoms with Crippen LogP contribution in [0.2, 0.25) is 5.02 Å². The zero-order valence-electron chi connectivity index (χ0n) is 12.8. The van der Waals surface area contributed by atoms with Gasteiger partial charge in [0, 0.05) is 16.9 Å². The Kier molecular flexibility index (Phi) is 5.80. The maximum Gasteiger partial charge on any atom is 0.416 e. The molecule has 0 fully saturated rings. The Bertz CT molecular complexity index is 945. The summed E-state index contributed by atoms with van der Waals surface area (Å²) < 4.78 is 53.0. The summed E-state index contributed by atoms with van der Waals surface area (Å²) >= 11 is 20.6. The summed E-state index contributed by atoms with van der Waals surface area (Å²) in [6.07, 6.45) is 0.0152. The van der Waals surface area contributed by atoms with Crippen molar-refractivity contribution in [3.05, 3.63) is 57.9 Å². The third-order valence-corrected chi connectivity index (χ3v) is 5.44. The number of benzene rings is 1. The van der Waals surface area contributed by atoms with E-state index in [-0.39, 0.29) is 20.1 Å². The van der Waals surface area contributed by atoms with Crippen LogP contribution >= 0.6 is 62.5 Å². The molecule has 1 aromatic carbocycles. The second-order valence-electron chi connectivity index (χ2n) is 5.17. The summed E-state index contributed by atoms with van der Waals surface area (Å²) in [6, 6.07) is 5.09. The highest BCUT2D eigenvalue weighted by Crippen LogP contribution is 2.45. The molecular weight excluding hydrogens is 517 g/mol. The standard InChI is InChI=1S/C15H7BrCl3F4N3S/c16-9-5-8(14(20,21)22)6-10(17)12(9)26-13(25-3-1-2-4-25)11(7-24-26)27-15(18,19)23/h1-7H. The molecule has 2 aromatic heterocycles. The lowest BCUT2D eigenvalue weighted by molar-refractivity contribution is -0.137. The highest BCUT2D eigenvalue weighted by atomic mass is 79.9. The number of hydrogen-bond acceptors (Lipinski definition) is 2. The molecule has 3 aromatic rings. The number of nitrogens with zero attached hydrogens (tertiary/aromatic N) is 3. The number of thioether (sulfide) groups is 1. The van der Waals surface area contributed by atoms with Gasteiger partial charge in [-0.25, -0.2) is 4.68 Å². The van der Waals surface area contributed by atoms with Crippen LogP contribution in [-0.2, 0) is 6.18 Å². The second-order valence-corrected chi connectivity index (χ2v) is 9.32. The lowest BCUT2D eigenvalue weighted by Gasteiger charge is -2.16. The van der Waals surface area contributed by atoms with Gasteiger partial charge in [-0.2, -0.15) is 22.7 Å². The average molecular weight is 524 g/mol. The Labute approximate surface area is 178 Å². The van der Waals surface area contributed by atoms with Crippen LogP contribution in [0, 0.1) is 0 Å². The molecule has 2 heterocycles. The van der Waals surface area contributed by atoms with Gasteiger partial charge in [0.25, 0.3) is 0 Å². The summed E-state index contributed by atoms with van der Waals surface area (Å²) in [4.78, 5) is 0.251. The van der Waals surface area contributed by atoms with E-state index >= 15 is 0 Å². The van der Waals surface area contributed by atoms with Crippen LogP contribution in [0.1, 0.15) is 5.56 Å². The van der Waals surface area contributed by atoms with Gasteiger partial charge in [-0.15, -0.1) is 0 Å². The minimum atomic E-state index is -4.57. The molecule has 3 nitrogen and oxygen atoms in total. The topological polar surface area (TPSA) is 22.8 Å². The van der Waals surface area contributed by atoms with Crippen molar-refractivity contribution in [1.29, 1.82) is 0 Å². The third kappa shape index (κ3) is 4.59. The number of hydrogen-bond donors (Lipinski definition) is 0. The van der Waals surface area contributed by atoms with Gasteiger partial charge < -0.3 is 4.57 Å². The van der Waals surface area contributed by atoms with Gasteiger partial charge in [0.15, 0.2) is 5.82 Å². The van der Waals surface area contributed by atoms with Crippen molar-refractivity contribution in [1.82, 2.24) is 14.3 Å². The van der Waals surface area contributed by atoms with E-state index in [1.807, 2.05) is 0 Å². The molecule has 0 aliphatic rings. The molecule has 12 heteroatoms. The normalized spacial score (nSPS) is 12.6. The Balaban J connectivity index is 2.21. The number of alkyl halides is 6. The van der Waals surface area contributed by atoms with Crippen molar-refractivity contribution >= 4 is 62.5 Å². The van der Waals surface area contributed by atoms with E-state index in [1.54, 1.807) is 29.1 Å². The van der Waals surface area contributed by atoms with Crippen molar-refractivity contribution in [2.75, 3.05) is 0 Å². The third-order valence-electron chi connectivity index (χ3n) is 3.34.